The number of hydrogen-bond acceptors (Lipinski definition) is 7. The number of rotatable bonds is 10. The van der Waals surface area contributed by atoms with Gasteiger partial charge in [-0.2, -0.15) is 4.98 Å². The molecular weight excluding hydrogens is 352 g/mol. The van der Waals surface area contributed by atoms with Gasteiger partial charge >= 0.3 is 0 Å². The normalized spacial score (nSPS) is 12.3. The van der Waals surface area contributed by atoms with Gasteiger partial charge in [-0.25, -0.2) is 0 Å². The molecule has 5 N–H and O–H groups in total. The molecule has 2 heterocycles. The number of ketones is 1. The highest BCUT2D eigenvalue weighted by Crippen LogP contribution is 2.11. The van der Waals surface area contributed by atoms with Crippen molar-refractivity contribution in [1.29, 1.82) is 0 Å². The van der Waals surface area contributed by atoms with Crippen LogP contribution in [-0.2, 0) is 16.1 Å². The van der Waals surface area contributed by atoms with Crippen molar-refractivity contribution in [2.24, 2.45) is 0 Å². The number of amides is 1. The SMILES string of the molecule is CCCNCCN(C(=O)Cn1ccc2c(=O)[nH]c(N)nc21)[C@H](CO)C(C)=O. The maximum absolute atomic E-state index is 12.9. The van der Waals surface area contributed by atoms with Crippen LogP contribution in [0.15, 0.2) is 17.1 Å². The molecule has 0 radical (unpaired) electrons. The molecule has 0 aromatic carbocycles. The molecule has 0 bridgehead atoms. The molecule has 1 amide bonds. The number of nitrogens with one attached hydrogen (secondary N) is 2. The standard InChI is InChI=1S/C17H26N6O4/c1-3-5-19-6-8-23(13(10-24)11(2)25)14(26)9-22-7-4-12-15(22)20-17(18)21-16(12)27/h4,7,13,19,24H,3,5-6,8-10H2,1-2H3,(H3,18,20,21,27)/t13-/m1/s1. The van der Waals surface area contributed by atoms with Gasteiger partial charge in [-0.15, -0.1) is 0 Å². The van der Waals surface area contributed by atoms with E-state index in [1.54, 1.807) is 12.3 Å². The van der Waals surface area contributed by atoms with E-state index in [4.69, 9.17) is 5.73 Å². The lowest BCUT2D eigenvalue weighted by molar-refractivity contribution is -0.140. The van der Waals surface area contributed by atoms with Gasteiger partial charge in [-0.1, -0.05) is 6.92 Å². The summed E-state index contributed by atoms with van der Waals surface area (Å²) in [5.41, 5.74) is 5.49. The Morgan fingerprint density at radius 2 is 2.19 bits per heavy atom. The molecule has 148 valence electrons. The molecule has 2 rings (SSSR count). The Morgan fingerprint density at radius 3 is 2.81 bits per heavy atom. The molecule has 27 heavy (non-hydrogen) atoms. The second-order valence-corrected chi connectivity index (χ2v) is 6.28. The van der Waals surface area contributed by atoms with E-state index >= 15 is 0 Å². The Hall–Kier alpha value is -2.72. The molecule has 10 nitrogen and oxygen atoms in total. The predicted octanol–water partition coefficient (Wildman–Crippen LogP) is -0.915. The molecule has 2 aromatic heterocycles. The van der Waals surface area contributed by atoms with Crippen molar-refractivity contribution in [3.63, 3.8) is 0 Å². The third-order valence-corrected chi connectivity index (χ3v) is 4.25. The number of fused-ring (bicyclic) bond motifs is 1. The topological polar surface area (TPSA) is 146 Å². The fourth-order valence-corrected chi connectivity index (χ4v) is 2.86. The molecule has 0 saturated heterocycles. The number of aliphatic hydroxyl groups is 1. The number of nitrogens with two attached hydrogens (primary N) is 1. The molecule has 0 spiro atoms. The molecule has 0 unspecified atom stereocenters. The summed E-state index contributed by atoms with van der Waals surface area (Å²) >= 11 is 0. The molecule has 0 fully saturated rings. The van der Waals surface area contributed by atoms with Crippen LogP contribution in [-0.4, -0.2) is 68.5 Å². The zero-order valence-electron chi connectivity index (χ0n) is 15.6. The summed E-state index contributed by atoms with van der Waals surface area (Å²) in [5.74, 6) is -0.698. The molecule has 0 saturated carbocycles. The average molecular weight is 378 g/mol. The number of aliphatic hydroxyl groups excluding tert-OH is 1. The number of anilines is 1. The zero-order chi connectivity index (χ0) is 20.0. The molecule has 0 aliphatic rings. The monoisotopic (exact) mass is 378 g/mol. The largest absolute Gasteiger partial charge is 0.394 e. The lowest BCUT2D eigenvalue weighted by Crippen LogP contribution is -2.50. The summed E-state index contributed by atoms with van der Waals surface area (Å²) in [7, 11) is 0. The van der Waals surface area contributed by atoms with E-state index in [2.05, 4.69) is 15.3 Å². The number of H-pyrrole nitrogens is 1. The number of Topliss-reactive ketones (excluding diaryl/α,β-unsaturated/α-hetero) is 1. The molecule has 1 atom stereocenters. The fraction of sp³-hybridized carbons (Fsp3) is 0.529. The van der Waals surface area contributed by atoms with Crippen molar-refractivity contribution in [3.05, 3.63) is 22.6 Å². The number of nitrogen functional groups attached to an aromatic ring is 1. The van der Waals surface area contributed by atoms with E-state index in [0.29, 0.717) is 11.9 Å². The van der Waals surface area contributed by atoms with Gasteiger partial charge in [0.15, 0.2) is 5.78 Å². The third kappa shape index (κ3) is 4.92. The van der Waals surface area contributed by atoms with E-state index in [1.165, 1.54) is 16.4 Å². The third-order valence-electron chi connectivity index (χ3n) is 4.25. The summed E-state index contributed by atoms with van der Waals surface area (Å²) in [4.78, 5) is 44.5. The first-order valence-electron chi connectivity index (χ1n) is 8.85. The first-order valence-corrected chi connectivity index (χ1v) is 8.85. The Kier molecular flexibility index (Phi) is 7.08. The van der Waals surface area contributed by atoms with Gasteiger partial charge in [0, 0.05) is 19.3 Å². The number of aromatic nitrogens is 3. The molecular formula is C17H26N6O4. The van der Waals surface area contributed by atoms with Gasteiger partial charge in [-0.05, 0) is 26.0 Å². The van der Waals surface area contributed by atoms with E-state index in [1.807, 2.05) is 6.92 Å². The smallest absolute Gasteiger partial charge is 0.261 e. The number of carbonyl (C=O) groups excluding carboxylic acids is 2. The van der Waals surface area contributed by atoms with Gasteiger partial charge in [0.2, 0.25) is 11.9 Å². The van der Waals surface area contributed by atoms with Crippen molar-refractivity contribution in [3.8, 4) is 0 Å². The van der Waals surface area contributed by atoms with Crippen LogP contribution in [0.3, 0.4) is 0 Å². The minimum Gasteiger partial charge on any atom is -0.394 e. The van der Waals surface area contributed by atoms with Gasteiger partial charge in [-0.3, -0.25) is 19.4 Å². The summed E-state index contributed by atoms with van der Waals surface area (Å²) in [6.07, 6.45) is 2.51. The maximum Gasteiger partial charge on any atom is 0.261 e. The Labute approximate surface area is 156 Å². The highest BCUT2D eigenvalue weighted by Gasteiger charge is 2.27. The number of hydrogen-bond donors (Lipinski definition) is 4. The van der Waals surface area contributed by atoms with Crippen LogP contribution < -0.4 is 16.6 Å². The van der Waals surface area contributed by atoms with Gasteiger partial charge < -0.3 is 25.6 Å². The molecule has 0 aliphatic heterocycles. The minimum absolute atomic E-state index is 0.0440. The summed E-state index contributed by atoms with van der Waals surface area (Å²) in [6, 6.07) is 0.638. The van der Waals surface area contributed by atoms with Gasteiger partial charge in [0.1, 0.15) is 18.2 Å². The first kappa shape index (κ1) is 20.6. The van der Waals surface area contributed by atoms with Crippen LogP contribution in [0.4, 0.5) is 5.95 Å². The minimum atomic E-state index is -0.913. The Morgan fingerprint density at radius 1 is 1.44 bits per heavy atom. The van der Waals surface area contributed by atoms with Crippen LogP contribution in [0.1, 0.15) is 20.3 Å². The molecule has 2 aromatic rings. The van der Waals surface area contributed by atoms with E-state index in [-0.39, 0.29) is 41.9 Å². The van der Waals surface area contributed by atoms with Crippen molar-refractivity contribution in [1.82, 2.24) is 24.8 Å². The Bertz CT molecular complexity index is 859. The van der Waals surface area contributed by atoms with E-state index in [9.17, 15) is 19.5 Å². The summed E-state index contributed by atoms with van der Waals surface area (Å²) in [6.45, 7) is 4.36. The summed E-state index contributed by atoms with van der Waals surface area (Å²) < 4.78 is 1.50. The zero-order valence-corrected chi connectivity index (χ0v) is 15.6. The first-order chi connectivity index (χ1) is 12.9. The van der Waals surface area contributed by atoms with Crippen LogP contribution >= 0.6 is 0 Å². The quantitative estimate of drug-likeness (QED) is 0.391. The van der Waals surface area contributed by atoms with Crippen LogP contribution in [0.2, 0.25) is 0 Å². The lowest BCUT2D eigenvalue weighted by atomic mass is 10.1. The van der Waals surface area contributed by atoms with Gasteiger partial charge in [0.25, 0.3) is 5.56 Å². The van der Waals surface area contributed by atoms with E-state index in [0.717, 1.165) is 13.0 Å². The highest BCUT2D eigenvalue weighted by atomic mass is 16.3. The number of carbonyl (C=O) groups is 2. The average Bonchev–Trinajstić information content (AvgIpc) is 3.00. The van der Waals surface area contributed by atoms with Crippen molar-refractivity contribution in [2.75, 3.05) is 32.0 Å². The highest BCUT2D eigenvalue weighted by molar-refractivity contribution is 5.88. The lowest BCUT2D eigenvalue weighted by Gasteiger charge is -2.29. The second kappa shape index (κ2) is 9.28. The Balaban J connectivity index is 2.24. The van der Waals surface area contributed by atoms with Crippen molar-refractivity contribution >= 4 is 28.7 Å². The second-order valence-electron chi connectivity index (χ2n) is 6.28. The molecule has 0 aliphatic carbocycles. The van der Waals surface area contributed by atoms with Gasteiger partial charge in [0.05, 0.1) is 12.0 Å². The number of nitrogens with zero attached hydrogens (tertiary/aromatic N) is 3. The van der Waals surface area contributed by atoms with Crippen LogP contribution in [0.25, 0.3) is 11.0 Å². The summed E-state index contributed by atoms with van der Waals surface area (Å²) in [5, 5.41) is 13.1. The maximum atomic E-state index is 12.9. The van der Waals surface area contributed by atoms with Crippen molar-refractivity contribution in [2.45, 2.75) is 32.9 Å². The van der Waals surface area contributed by atoms with Crippen LogP contribution in [0, 0.1) is 0 Å². The fourth-order valence-electron chi connectivity index (χ4n) is 2.86. The van der Waals surface area contributed by atoms with Crippen molar-refractivity contribution < 1.29 is 14.7 Å². The van der Waals surface area contributed by atoms with Crippen LogP contribution in [0.5, 0.6) is 0 Å². The number of aromatic amines is 1. The predicted molar refractivity (Wildman–Crippen MR) is 101 cm³/mol. The van der Waals surface area contributed by atoms with E-state index < -0.39 is 12.6 Å². The molecule has 10 heteroatoms.